The summed E-state index contributed by atoms with van der Waals surface area (Å²) in [7, 11) is 0. The Bertz CT molecular complexity index is 206. The molecule has 0 aliphatic heterocycles. The molecule has 0 amide bonds. The molecule has 1 aromatic rings. The molecule has 0 radical (unpaired) electrons. The quantitative estimate of drug-likeness (QED) is 0.495. The second-order valence-electron chi connectivity index (χ2n) is 2.06. The minimum atomic E-state index is 0. The Morgan fingerprint density at radius 3 is 2.40 bits per heavy atom. The van der Waals surface area contributed by atoms with E-state index in [-0.39, 0.29) is 25.9 Å². The van der Waals surface area contributed by atoms with E-state index in [1.165, 1.54) is 11.1 Å². The first kappa shape index (κ1) is 10.5. The molecule has 0 heterocycles. The predicted octanol–water partition coefficient (Wildman–Crippen LogP) is 2.73. The molecule has 1 aromatic carbocycles. The maximum atomic E-state index is 3.41. The summed E-state index contributed by atoms with van der Waals surface area (Å²) < 4.78 is 0. The van der Waals surface area contributed by atoms with E-state index in [9.17, 15) is 0 Å². The molecule has 0 bridgehead atoms. The van der Waals surface area contributed by atoms with E-state index in [4.69, 9.17) is 0 Å². The van der Waals surface area contributed by atoms with Crippen molar-refractivity contribution >= 4 is 39.0 Å². The summed E-state index contributed by atoms with van der Waals surface area (Å²) >= 11 is 3.41. The average Bonchev–Trinajstić information content (AvgIpc) is 1.89. The second-order valence-corrected chi connectivity index (χ2v) is 2.62. The van der Waals surface area contributed by atoms with Gasteiger partial charge < -0.3 is 2.85 Å². The van der Waals surface area contributed by atoms with Crippen molar-refractivity contribution in [1.29, 1.82) is 0 Å². The van der Waals surface area contributed by atoms with Crippen molar-refractivity contribution < 1.29 is 2.85 Å². The largest absolute Gasteiger partial charge is 2.00 e. The normalized spacial score (nSPS) is 8.60. The van der Waals surface area contributed by atoms with Crippen LogP contribution in [0.4, 0.5) is 0 Å². The van der Waals surface area contributed by atoms with E-state index >= 15 is 0 Å². The Kier molecular flexibility index (Phi) is 5.40. The van der Waals surface area contributed by atoms with Gasteiger partial charge in [0.2, 0.25) is 0 Å². The van der Waals surface area contributed by atoms with Crippen molar-refractivity contribution in [3.05, 3.63) is 35.4 Å². The topological polar surface area (TPSA) is 0 Å². The van der Waals surface area contributed by atoms with E-state index in [0.717, 1.165) is 5.33 Å². The molecule has 0 atom stereocenters. The average molecular weight is 211 g/mol. The number of rotatable bonds is 1. The van der Waals surface area contributed by atoms with Gasteiger partial charge in [-0.2, -0.15) is 0 Å². The number of hydrogen-bond acceptors (Lipinski definition) is 0. The molecule has 0 aliphatic rings. The van der Waals surface area contributed by atoms with Gasteiger partial charge in [0.1, 0.15) is 0 Å². The fourth-order valence-corrected chi connectivity index (χ4v) is 1.39. The van der Waals surface area contributed by atoms with Crippen LogP contribution in [0, 0.1) is 6.92 Å². The molecule has 1 rings (SSSR count). The Morgan fingerprint density at radius 2 is 2.00 bits per heavy atom. The van der Waals surface area contributed by atoms with Crippen LogP contribution in [0.25, 0.3) is 0 Å². The Labute approximate surface area is 89.3 Å². The van der Waals surface area contributed by atoms with Crippen molar-refractivity contribution in [2.24, 2.45) is 0 Å². The van der Waals surface area contributed by atoms with Gasteiger partial charge in [-0.1, -0.05) is 40.2 Å². The van der Waals surface area contributed by atoms with Crippen LogP contribution in [-0.2, 0) is 5.33 Å². The summed E-state index contributed by atoms with van der Waals surface area (Å²) in [5, 5.41) is 0.958. The van der Waals surface area contributed by atoms with E-state index in [0.29, 0.717) is 0 Å². The van der Waals surface area contributed by atoms with Gasteiger partial charge >= 0.3 is 23.1 Å². The first-order valence-corrected chi connectivity index (χ1v) is 4.07. The van der Waals surface area contributed by atoms with Crippen LogP contribution in [0.5, 0.6) is 0 Å². The molecule has 0 fully saturated rings. The van der Waals surface area contributed by atoms with Gasteiger partial charge in [-0.15, -0.1) is 0 Å². The standard InChI is InChI=1S/C8H9Br.Mg.2H/c1-7-4-2-3-5-8(7)6-9;;;/h2-5H,6H2,1H3;;;/q;+2;2*-1. The predicted molar refractivity (Wildman–Crippen MR) is 51.8 cm³/mol. The SMILES string of the molecule is Cc1ccccc1CBr.[H-].[H-].[Mg+2]. The van der Waals surface area contributed by atoms with Gasteiger partial charge in [0, 0.05) is 5.33 Å². The molecule has 0 saturated carbocycles. The van der Waals surface area contributed by atoms with Crippen molar-refractivity contribution in [2.45, 2.75) is 12.3 Å². The molecular weight excluding hydrogens is 200 g/mol. The molecular formula is C8H11BrMg. The third-order valence-electron chi connectivity index (χ3n) is 1.41. The van der Waals surface area contributed by atoms with Crippen LogP contribution in [0.3, 0.4) is 0 Å². The molecule has 0 spiro atoms. The van der Waals surface area contributed by atoms with Crippen molar-refractivity contribution in [2.75, 3.05) is 0 Å². The van der Waals surface area contributed by atoms with Crippen LogP contribution in [-0.4, -0.2) is 23.1 Å². The molecule has 0 saturated heterocycles. The Morgan fingerprint density at radius 1 is 1.40 bits per heavy atom. The fraction of sp³-hybridized carbons (Fsp3) is 0.250. The fourth-order valence-electron chi connectivity index (χ4n) is 0.760. The molecule has 0 N–H and O–H groups in total. The van der Waals surface area contributed by atoms with E-state index < -0.39 is 0 Å². The number of aryl methyl sites for hydroxylation is 1. The molecule has 10 heavy (non-hydrogen) atoms. The first-order chi connectivity index (χ1) is 4.34. The minimum Gasteiger partial charge on any atom is -1.00 e. The zero-order valence-electron chi connectivity index (χ0n) is 8.10. The smallest absolute Gasteiger partial charge is 1.00 e. The minimum absolute atomic E-state index is 0. The molecule has 0 aliphatic carbocycles. The van der Waals surface area contributed by atoms with E-state index in [1.54, 1.807) is 0 Å². The monoisotopic (exact) mass is 210 g/mol. The van der Waals surface area contributed by atoms with Gasteiger partial charge in [0.25, 0.3) is 0 Å². The third-order valence-corrected chi connectivity index (χ3v) is 2.01. The summed E-state index contributed by atoms with van der Waals surface area (Å²) in [5.41, 5.74) is 2.73. The van der Waals surface area contributed by atoms with E-state index in [1.807, 2.05) is 0 Å². The maximum absolute atomic E-state index is 3.41. The maximum Gasteiger partial charge on any atom is 2.00 e. The Balaban J connectivity index is -0.000000270. The van der Waals surface area contributed by atoms with Crippen molar-refractivity contribution in [3.8, 4) is 0 Å². The Hall–Kier alpha value is 0.466. The van der Waals surface area contributed by atoms with Crippen LogP contribution >= 0.6 is 15.9 Å². The number of halogens is 1. The van der Waals surface area contributed by atoms with Crippen LogP contribution in [0.15, 0.2) is 24.3 Å². The molecule has 0 aromatic heterocycles. The van der Waals surface area contributed by atoms with Crippen molar-refractivity contribution in [1.82, 2.24) is 0 Å². The summed E-state index contributed by atoms with van der Waals surface area (Å²) in [6.07, 6.45) is 0. The summed E-state index contributed by atoms with van der Waals surface area (Å²) in [6.45, 7) is 2.12. The van der Waals surface area contributed by atoms with Crippen LogP contribution < -0.4 is 0 Å². The van der Waals surface area contributed by atoms with Crippen LogP contribution in [0.2, 0.25) is 0 Å². The van der Waals surface area contributed by atoms with Gasteiger partial charge in [-0.05, 0) is 18.1 Å². The van der Waals surface area contributed by atoms with Gasteiger partial charge in [-0.3, -0.25) is 0 Å². The number of alkyl halides is 1. The zero-order chi connectivity index (χ0) is 6.69. The molecule has 2 heteroatoms. The van der Waals surface area contributed by atoms with Gasteiger partial charge in [-0.25, -0.2) is 0 Å². The summed E-state index contributed by atoms with van der Waals surface area (Å²) in [5.74, 6) is 0. The molecule has 0 nitrogen and oxygen atoms in total. The zero-order valence-corrected chi connectivity index (χ0v) is 9.10. The first-order valence-electron chi connectivity index (χ1n) is 2.95. The molecule has 52 valence electrons. The van der Waals surface area contributed by atoms with E-state index in [2.05, 4.69) is 47.1 Å². The number of benzene rings is 1. The van der Waals surface area contributed by atoms with Gasteiger partial charge in [0.15, 0.2) is 0 Å². The van der Waals surface area contributed by atoms with Gasteiger partial charge in [0.05, 0.1) is 0 Å². The summed E-state index contributed by atoms with van der Waals surface area (Å²) in [6, 6.07) is 8.37. The van der Waals surface area contributed by atoms with Crippen molar-refractivity contribution in [3.63, 3.8) is 0 Å². The molecule has 0 unspecified atom stereocenters. The third kappa shape index (κ3) is 2.60. The second kappa shape index (κ2) is 5.16. The number of hydrogen-bond donors (Lipinski definition) is 0. The van der Waals surface area contributed by atoms with Crippen LogP contribution in [0.1, 0.15) is 14.0 Å². The summed E-state index contributed by atoms with van der Waals surface area (Å²) in [4.78, 5) is 0.